The van der Waals surface area contributed by atoms with Gasteiger partial charge in [0.25, 0.3) is 5.56 Å². The summed E-state index contributed by atoms with van der Waals surface area (Å²) in [5.41, 5.74) is 1.20. The third kappa shape index (κ3) is 2.16. The highest BCUT2D eigenvalue weighted by molar-refractivity contribution is 5.68. The van der Waals surface area contributed by atoms with Crippen LogP contribution in [0.1, 0.15) is 18.4 Å². The monoisotopic (exact) mass is 296 g/mol. The van der Waals surface area contributed by atoms with Crippen LogP contribution in [0.3, 0.4) is 0 Å². The fourth-order valence-corrected chi connectivity index (χ4v) is 2.74. The fourth-order valence-electron chi connectivity index (χ4n) is 2.74. The van der Waals surface area contributed by atoms with Crippen LogP contribution in [0.5, 0.6) is 0 Å². The molecule has 4 rings (SSSR count). The molecule has 1 N–H and O–H groups in total. The number of imidazole rings is 1. The molecule has 1 aliphatic carbocycles. The van der Waals surface area contributed by atoms with E-state index in [2.05, 4.69) is 9.97 Å². The van der Waals surface area contributed by atoms with Crippen LogP contribution in [0.25, 0.3) is 11.2 Å². The highest BCUT2D eigenvalue weighted by atomic mass is 16.2. The van der Waals surface area contributed by atoms with Crippen molar-refractivity contribution in [3.8, 4) is 0 Å². The van der Waals surface area contributed by atoms with Crippen LogP contribution < -0.4 is 11.2 Å². The molecule has 3 aromatic rings. The number of hydrogen-bond acceptors (Lipinski definition) is 3. The van der Waals surface area contributed by atoms with Crippen LogP contribution in [-0.4, -0.2) is 19.1 Å². The summed E-state index contributed by atoms with van der Waals surface area (Å²) in [5.74, 6) is 0.528. The van der Waals surface area contributed by atoms with E-state index in [1.807, 2.05) is 30.3 Å². The second-order valence-corrected chi connectivity index (χ2v) is 5.81. The van der Waals surface area contributed by atoms with Crippen LogP contribution in [0, 0.1) is 5.92 Å². The number of fused-ring (bicyclic) bond motifs is 1. The molecule has 1 aromatic carbocycles. The van der Waals surface area contributed by atoms with Gasteiger partial charge in [0, 0.05) is 6.54 Å². The van der Waals surface area contributed by atoms with Gasteiger partial charge in [-0.05, 0) is 24.3 Å². The molecule has 0 amide bonds. The molecule has 0 saturated heterocycles. The Labute approximate surface area is 126 Å². The minimum absolute atomic E-state index is 0.276. The molecule has 0 radical (unpaired) electrons. The van der Waals surface area contributed by atoms with Gasteiger partial charge in [-0.15, -0.1) is 0 Å². The van der Waals surface area contributed by atoms with Gasteiger partial charge in [-0.3, -0.25) is 13.9 Å². The third-order valence-electron chi connectivity index (χ3n) is 4.12. The molecule has 0 atom stereocenters. The number of rotatable bonds is 4. The van der Waals surface area contributed by atoms with Crippen molar-refractivity contribution in [2.75, 3.05) is 0 Å². The smallest absolute Gasteiger partial charge is 0.333 e. The van der Waals surface area contributed by atoms with E-state index in [1.165, 1.54) is 10.9 Å². The first-order valence-electron chi connectivity index (χ1n) is 7.44. The standard InChI is InChI=1S/C16H16N4O2/c21-15-13-14(18-10-17-13)19(8-12-6-7-12)16(22)20(15)9-11-4-2-1-3-5-11/h1-5,10,12H,6-9H2,(H,17,18). The Balaban J connectivity index is 1.89. The first-order valence-corrected chi connectivity index (χ1v) is 7.44. The SMILES string of the molecule is O=c1c2[nH]cnc2n(CC2CC2)c(=O)n1Cc1ccccc1. The van der Waals surface area contributed by atoms with Crippen LogP contribution in [-0.2, 0) is 13.1 Å². The lowest BCUT2D eigenvalue weighted by Gasteiger charge is -2.11. The van der Waals surface area contributed by atoms with Gasteiger partial charge in [0.1, 0.15) is 5.52 Å². The summed E-state index contributed by atoms with van der Waals surface area (Å²) in [6.07, 6.45) is 3.74. The molecule has 0 unspecified atom stereocenters. The van der Waals surface area contributed by atoms with Crippen molar-refractivity contribution < 1.29 is 0 Å². The van der Waals surface area contributed by atoms with E-state index < -0.39 is 0 Å². The van der Waals surface area contributed by atoms with Crippen LogP contribution in [0.4, 0.5) is 0 Å². The molecule has 1 fully saturated rings. The lowest BCUT2D eigenvalue weighted by Crippen LogP contribution is -2.40. The van der Waals surface area contributed by atoms with Crippen molar-refractivity contribution in [2.45, 2.75) is 25.9 Å². The highest BCUT2D eigenvalue weighted by Gasteiger charge is 2.25. The van der Waals surface area contributed by atoms with Gasteiger partial charge in [0.05, 0.1) is 12.9 Å². The summed E-state index contributed by atoms with van der Waals surface area (Å²) < 4.78 is 2.92. The van der Waals surface area contributed by atoms with E-state index >= 15 is 0 Å². The van der Waals surface area contributed by atoms with Crippen LogP contribution in [0.2, 0.25) is 0 Å². The fraction of sp³-hybridized carbons (Fsp3) is 0.312. The average Bonchev–Trinajstić information content (AvgIpc) is 3.23. The second kappa shape index (κ2) is 4.98. The molecule has 0 spiro atoms. The highest BCUT2D eigenvalue weighted by Crippen LogP contribution is 2.30. The summed E-state index contributed by atoms with van der Waals surface area (Å²) >= 11 is 0. The van der Waals surface area contributed by atoms with E-state index in [4.69, 9.17) is 0 Å². The molecule has 0 aliphatic heterocycles. The first kappa shape index (κ1) is 13.1. The van der Waals surface area contributed by atoms with Crippen LogP contribution >= 0.6 is 0 Å². The van der Waals surface area contributed by atoms with Crippen molar-refractivity contribution in [3.05, 3.63) is 63.1 Å². The van der Waals surface area contributed by atoms with E-state index in [-0.39, 0.29) is 17.8 Å². The molecule has 1 saturated carbocycles. The molecule has 22 heavy (non-hydrogen) atoms. The van der Waals surface area contributed by atoms with Crippen molar-refractivity contribution in [1.82, 2.24) is 19.1 Å². The maximum absolute atomic E-state index is 12.7. The average molecular weight is 296 g/mol. The van der Waals surface area contributed by atoms with Gasteiger partial charge < -0.3 is 4.98 Å². The number of aromatic amines is 1. The Morgan fingerprint density at radius 3 is 2.64 bits per heavy atom. The van der Waals surface area contributed by atoms with E-state index in [9.17, 15) is 9.59 Å². The Morgan fingerprint density at radius 1 is 1.14 bits per heavy atom. The lowest BCUT2D eigenvalue weighted by molar-refractivity contribution is 0.563. The van der Waals surface area contributed by atoms with Crippen LogP contribution in [0.15, 0.2) is 46.2 Å². The van der Waals surface area contributed by atoms with Crippen molar-refractivity contribution in [2.24, 2.45) is 5.92 Å². The molecular formula is C16H16N4O2. The van der Waals surface area contributed by atoms with E-state index in [0.717, 1.165) is 18.4 Å². The van der Waals surface area contributed by atoms with Gasteiger partial charge in [-0.2, -0.15) is 0 Å². The maximum Gasteiger partial charge on any atom is 0.333 e. The molecule has 6 heteroatoms. The predicted molar refractivity (Wildman–Crippen MR) is 82.9 cm³/mol. The molecule has 6 nitrogen and oxygen atoms in total. The lowest BCUT2D eigenvalue weighted by atomic mass is 10.2. The molecule has 2 heterocycles. The molecular weight excluding hydrogens is 280 g/mol. The van der Waals surface area contributed by atoms with Gasteiger partial charge in [-0.1, -0.05) is 30.3 Å². The van der Waals surface area contributed by atoms with E-state index in [0.29, 0.717) is 23.6 Å². The predicted octanol–water partition coefficient (Wildman–Crippen LogP) is 1.34. The van der Waals surface area contributed by atoms with E-state index in [1.54, 1.807) is 4.57 Å². The second-order valence-electron chi connectivity index (χ2n) is 5.81. The summed E-state index contributed by atoms with van der Waals surface area (Å²) in [6, 6.07) is 9.54. The first-order chi connectivity index (χ1) is 10.7. The van der Waals surface area contributed by atoms with Crippen molar-refractivity contribution >= 4 is 11.2 Å². The largest absolute Gasteiger partial charge is 0.339 e. The molecule has 112 valence electrons. The molecule has 1 aliphatic rings. The van der Waals surface area contributed by atoms with Gasteiger partial charge in [0.15, 0.2) is 5.65 Å². The topological polar surface area (TPSA) is 72.7 Å². The zero-order valence-corrected chi connectivity index (χ0v) is 12.0. The number of nitrogens with zero attached hydrogens (tertiary/aromatic N) is 3. The number of aromatic nitrogens is 4. The Kier molecular flexibility index (Phi) is 2.96. The minimum Gasteiger partial charge on any atom is -0.339 e. The van der Waals surface area contributed by atoms with Crippen molar-refractivity contribution in [1.29, 1.82) is 0 Å². The Hall–Kier alpha value is -2.63. The van der Waals surface area contributed by atoms with Crippen molar-refractivity contribution in [3.63, 3.8) is 0 Å². The van der Waals surface area contributed by atoms with Gasteiger partial charge in [-0.25, -0.2) is 9.78 Å². The number of benzene rings is 1. The van der Waals surface area contributed by atoms with Gasteiger partial charge >= 0.3 is 5.69 Å². The molecule has 0 bridgehead atoms. The summed E-state index contributed by atoms with van der Waals surface area (Å²) in [5, 5.41) is 0. The Morgan fingerprint density at radius 2 is 1.91 bits per heavy atom. The summed E-state index contributed by atoms with van der Waals surface area (Å²) in [6.45, 7) is 0.910. The quantitative estimate of drug-likeness (QED) is 0.789. The zero-order chi connectivity index (χ0) is 15.1. The zero-order valence-electron chi connectivity index (χ0n) is 12.0. The maximum atomic E-state index is 12.7. The van der Waals surface area contributed by atoms with Gasteiger partial charge in [0.2, 0.25) is 0 Å². The molecule has 2 aromatic heterocycles. The summed E-state index contributed by atoms with van der Waals surface area (Å²) in [7, 11) is 0. The minimum atomic E-state index is -0.312. The number of hydrogen-bond donors (Lipinski definition) is 1. The number of nitrogens with one attached hydrogen (secondary N) is 1. The third-order valence-corrected chi connectivity index (χ3v) is 4.12. The Bertz CT molecular complexity index is 932. The summed E-state index contributed by atoms with van der Waals surface area (Å²) in [4.78, 5) is 32.3. The normalized spacial score (nSPS) is 14.5. The number of H-pyrrole nitrogens is 1.